The normalized spacial score (nSPS) is 12.1. The van der Waals surface area contributed by atoms with Crippen molar-refractivity contribution in [2.45, 2.75) is 47.1 Å². The van der Waals surface area contributed by atoms with Crippen LogP contribution in [-0.2, 0) is 4.79 Å². The van der Waals surface area contributed by atoms with Crippen LogP contribution in [0.2, 0.25) is 0 Å². The Kier molecular flexibility index (Phi) is 6.55. The quantitative estimate of drug-likeness (QED) is 0.827. The second-order valence-corrected chi connectivity index (χ2v) is 6.92. The van der Waals surface area contributed by atoms with E-state index in [-0.39, 0.29) is 17.3 Å². The fourth-order valence-corrected chi connectivity index (χ4v) is 2.36. The lowest BCUT2D eigenvalue weighted by atomic mass is 10.1. The summed E-state index contributed by atoms with van der Waals surface area (Å²) in [5.74, 6) is 0.556. The summed E-state index contributed by atoms with van der Waals surface area (Å²) in [7, 11) is 0. The van der Waals surface area contributed by atoms with Crippen LogP contribution in [-0.4, -0.2) is 28.3 Å². The van der Waals surface area contributed by atoms with Crippen molar-refractivity contribution in [2.24, 2.45) is 5.92 Å². The number of hydrogen-bond acceptors (Lipinski definition) is 4. The molecule has 1 aromatic heterocycles. The van der Waals surface area contributed by atoms with Gasteiger partial charge in [0.1, 0.15) is 0 Å². The molecule has 0 radical (unpaired) electrons. The van der Waals surface area contributed by atoms with Crippen molar-refractivity contribution < 1.29 is 9.53 Å². The third-order valence-corrected chi connectivity index (χ3v) is 4.20. The molecule has 0 aliphatic carbocycles. The highest BCUT2D eigenvalue weighted by molar-refractivity contribution is 5.80. The van der Waals surface area contributed by atoms with Gasteiger partial charge in [-0.05, 0) is 56.4 Å². The standard InChI is InChI=1S/C20H27N3O3/c1-13(2)10-11-21-20(25)16(5)26-18-8-9-19(24)23(22-18)17-7-6-14(3)15(4)12-17/h6-9,12-13,16H,10-11H2,1-5H3,(H,21,25)/t16-/m1/s1. The molecule has 2 aromatic rings. The van der Waals surface area contributed by atoms with Crippen molar-refractivity contribution in [3.8, 4) is 11.6 Å². The number of aryl methyl sites for hydroxylation is 2. The van der Waals surface area contributed by atoms with Crippen LogP contribution in [0.25, 0.3) is 5.69 Å². The molecule has 26 heavy (non-hydrogen) atoms. The Morgan fingerprint density at radius 2 is 1.88 bits per heavy atom. The average molecular weight is 357 g/mol. The highest BCUT2D eigenvalue weighted by atomic mass is 16.5. The first-order valence-corrected chi connectivity index (χ1v) is 8.90. The maximum atomic E-state index is 12.2. The Morgan fingerprint density at radius 1 is 1.15 bits per heavy atom. The summed E-state index contributed by atoms with van der Waals surface area (Å²) in [6, 6.07) is 8.55. The van der Waals surface area contributed by atoms with Gasteiger partial charge in [-0.1, -0.05) is 19.9 Å². The first-order valence-electron chi connectivity index (χ1n) is 8.90. The number of amides is 1. The lowest BCUT2D eigenvalue weighted by Gasteiger charge is -2.15. The zero-order chi connectivity index (χ0) is 19.3. The van der Waals surface area contributed by atoms with Gasteiger partial charge in [-0.3, -0.25) is 9.59 Å². The monoisotopic (exact) mass is 357 g/mol. The van der Waals surface area contributed by atoms with E-state index in [1.54, 1.807) is 6.92 Å². The summed E-state index contributed by atoms with van der Waals surface area (Å²) in [5.41, 5.74) is 2.62. The van der Waals surface area contributed by atoms with Gasteiger partial charge in [0.15, 0.2) is 6.10 Å². The number of ether oxygens (including phenoxy) is 1. The number of rotatable bonds is 7. The number of hydrogen-bond donors (Lipinski definition) is 1. The van der Waals surface area contributed by atoms with E-state index >= 15 is 0 Å². The van der Waals surface area contributed by atoms with Crippen molar-refractivity contribution in [3.63, 3.8) is 0 Å². The van der Waals surface area contributed by atoms with Gasteiger partial charge in [0, 0.05) is 18.7 Å². The molecule has 1 N–H and O–H groups in total. The molecule has 0 unspecified atom stereocenters. The molecule has 6 nitrogen and oxygen atoms in total. The molecule has 0 saturated carbocycles. The molecule has 0 fully saturated rings. The summed E-state index contributed by atoms with van der Waals surface area (Å²) in [6.07, 6.45) is 0.217. The summed E-state index contributed by atoms with van der Waals surface area (Å²) < 4.78 is 6.90. The van der Waals surface area contributed by atoms with Crippen molar-refractivity contribution in [1.82, 2.24) is 15.1 Å². The van der Waals surface area contributed by atoms with E-state index in [9.17, 15) is 9.59 Å². The van der Waals surface area contributed by atoms with Gasteiger partial charge in [0.25, 0.3) is 11.5 Å². The van der Waals surface area contributed by atoms with Crippen LogP contribution in [0.3, 0.4) is 0 Å². The minimum absolute atomic E-state index is 0.198. The zero-order valence-corrected chi connectivity index (χ0v) is 16.1. The predicted molar refractivity (Wildman–Crippen MR) is 102 cm³/mol. The molecule has 2 rings (SSSR count). The maximum Gasteiger partial charge on any atom is 0.271 e. The van der Waals surface area contributed by atoms with Gasteiger partial charge >= 0.3 is 0 Å². The fourth-order valence-electron chi connectivity index (χ4n) is 2.36. The van der Waals surface area contributed by atoms with Crippen LogP contribution >= 0.6 is 0 Å². The molecule has 6 heteroatoms. The van der Waals surface area contributed by atoms with Crippen molar-refractivity contribution in [3.05, 3.63) is 51.8 Å². The van der Waals surface area contributed by atoms with E-state index in [0.717, 1.165) is 17.5 Å². The SMILES string of the molecule is Cc1ccc(-n2nc(O[C@H](C)C(=O)NCCC(C)C)ccc2=O)cc1C. The number of carbonyl (C=O) groups excluding carboxylic acids is 1. The number of nitrogens with one attached hydrogen (secondary N) is 1. The molecular formula is C20H27N3O3. The Morgan fingerprint density at radius 3 is 2.54 bits per heavy atom. The summed E-state index contributed by atoms with van der Waals surface area (Å²) >= 11 is 0. The van der Waals surface area contributed by atoms with Crippen LogP contribution in [0.1, 0.15) is 38.3 Å². The Hall–Kier alpha value is -2.63. The maximum absolute atomic E-state index is 12.2. The molecule has 140 valence electrons. The average Bonchev–Trinajstić information content (AvgIpc) is 2.58. The van der Waals surface area contributed by atoms with Crippen molar-refractivity contribution in [2.75, 3.05) is 6.54 Å². The molecule has 0 saturated heterocycles. The summed E-state index contributed by atoms with van der Waals surface area (Å²) in [5, 5.41) is 7.09. The molecule has 1 heterocycles. The Labute approximate surface area is 154 Å². The molecule has 1 amide bonds. The molecule has 1 atom stereocenters. The van der Waals surface area contributed by atoms with Gasteiger partial charge in [-0.25, -0.2) is 0 Å². The molecule has 0 spiro atoms. The fraction of sp³-hybridized carbons (Fsp3) is 0.450. The molecular weight excluding hydrogens is 330 g/mol. The second-order valence-electron chi connectivity index (χ2n) is 6.92. The van der Waals surface area contributed by atoms with Crippen LogP contribution in [0, 0.1) is 19.8 Å². The Balaban J connectivity index is 2.12. The molecule has 0 aliphatic heterocycles. The number of carbonyl (C=O) groups is 1. The van der Waals surface area contributed by atoms with E-state index in [4.69, 9.17) is 4.74 Å². The van der Waals surface area contributed by atoms with E-state index < -0.39 is 6.10 Å². The van der Waals surface area contributed by atoms with Crippen LogP contribution in [0.15, 0.2) is 35.1 Å². The van der Waals surface area contributed by atoms with Gasteiger partial charge in [0.2, 0.25) is 5.88 Å². The number of nitrogens with zero attached hydrogens (tertiary/aromatic N) is 2. The van der Waals surface area contributed by atoms with Crippen molar-refractivity contribution in [1.29, 1.82) is 0 Å². The van der Waals surface area contributed by atoms with Gasteiger partial charge < -0.3 is 10.1 Å². The lowest BCUT2D eigenvalue weighted by molar-refractivity contribution is -0.127. The van der Waals surface area contributed by atoms with Crippen molar-refractivity contribution >= 4 is 5.91 Å². The molecule has 0 aliphatic rings. The smallest absolute Gasteiger partial charge is 0.271 e. The summed E-state index contributed by atoms with van der Waals surface area (Å²) in [4.78, 5) is 24.3. The van der Waals surface area contributed by atoms with Crippen LogP contribution in [0.5, 0.6) is 5.88 Å². The van der Waals surface area contributed by atoms with E-state index in [0.29, 0.717) is 18.2 Å². The minimum atomic E-state index is -0.694. The van der Waals surface area contributed by atoms with Crippen LogP contribution in [0.4, 0.5) is 0 Å². The van der Waals surface area contributed by atoms with Gasteiger partial charge in [-0.15, -0.1) is 5.10 Å². The van der Waals surface area contributed by atoms with Gasteiger partial charge in [-0.2, -0.15) is 4.68 Å². The first kappa shape index (κ1) is 19.7. The Bertz CT molecular complexity index is 827. The number of aromatic nitrogens is 2. The summed E-state index contributed by atoms with van der Waals surface area (Å²) in [6.45, 7) is 10.5. The third kappa shape index (κ3) is 5.18. The largest absolute Gasteiger partial charge is 0.464 e. The van der Waals surface area contributed by atoms with Crippen LogP contribution < -0.4 is 15.6 Å². The highest BCUT2D eigenvalue weighted by Crippen LogP contribution is 2.13. The lowest BCUT2D eigenvalue weighted by Crippen LogP contribution is -2.37. The van der Waals surface area contributed by atoms with E-state index in [1.807, 2.05) is 32.0 Å². The van der Waals surface area contributed by atoms with E-state index in [1.165, 1.54) is 16.8 Å². The topological polar surface area (TPSA) is 73.2 Å². The number of benzene rings is 1. The minimum Gasteiger partial charge on any atom is -0.464 e. The predicted octanol–water partition coefficient (Wildman–Crippen LogP) is 2.78. The first-order chi connectivity index (χ1) is 12.3. The zero-order valence-electron chi connectivity index (χ0n) is 16.1. The molecule has 0 bridgehead atoms. The molecule has 1 aromatic carbocycles. The second kappa shape index (κ2) is 8.65. The van der Waals surface area contributed by atoms with Gasteiger partial charge in [0.05, 0.1) is 5.69 Å². The van der Waals surface area contributed by atoms with E-state index in [2.05, 4.69) is 24.3 Å². The third-order valence-electron chi connectivity index (χ3n) is 4.20. The highest BCUT2D eigenvalue weighted by Gasteiger charge is 2.16.